The van der Waals surface area contributed by atoms with Crippen molar-refractivity contribution in [3.63, 3.8) is 0 Å². The minimum atomic E-state index is -0.546. The lowest BCUT2D eigenvalue weighted by Crippen LogP contribution is -2.28. The molecule has 2 aromatic carbocycles. The molecule has 2 amide bonds. The number of ether oxygens (including phenoxy) is 2. The van der Waals surface area contributed by atoms with Gasteiger partial charge in [0.1, 0.15) is 19.0 Å². The molecule has 134 valence electrons. The van der Waals surface area contributed by atoms with Crippen molar-refractivity contribution in [2.75, 3.05) is 30.0 Å². The highest BCUT2D eigenvalue weighted by Crippen LogP contribution is 2.33. The predicted octanol–water partition coefficient (Wildman–Crippen LogP) is 2.59. The summed E-state index contributed by atoms with van der Waals surface area (Å²) in [4.78, 5) is 26.1. The smallest absolute Gasteiger partial charge is 0.229 e. The van der Waals surface area contributed by atoms with Gasteiger partial charge in [-0.3, -0.25) is 9.59 Å². The molecule has 6 nitrogen and oxygen atoms in total. The van der Waals surface area contributed by atoms with Crippen molar-refractivity contribution >= 4 is 23.2 Å². The van der Waals surface area contributed by atoms with Crippen molar-refractivity contribution in [3.05, 3.63) is 48.3 Å². The summed E-state index contributed by atoms with van der Waals surface area (Å²) >= 11 is 0. The summed E-state index contributed by atoms with van der Waals surface area (Å²) in [5.41, 5.74) is 0.767. The van der Waals surface area contributed by atoms with Crippen LogP contribution >= 0.6 is 0 Å². The predicted molar refractivity (Wildman–Crippen MR) is 92.9 cm³/mol. The Kier molecular flexibility index (Phi) is 4.20. The number of nitrogens with zero attached hydrogens (tertiary/aromatic N) is 1. The van der Waals surface area contributed by atoms with E-state index >= 15 is 0 Å². The summed E-state index contributed by atoms with van der Waals surface area (Å²) in [6.07, 6.45) is 0.0463. The van der Waals surface area contributed by atoms with Gasteiger partial charge in [-0.15, -0.1) is 0 Å². The van der Waals surface area contributed by atoms with E-state index in [9.17, 15) is 14.0 Å². The Morgan fingerprint density at radius 2 is 1.88 bits per heavy atom. The molecule has 1 atom stereocenters. The Hall–Kier alpha value is -3.09. The first-order chi connectivity index (χ1) is 12.6. The van der Waals surface area contributed by atoms with E-state index in [-0.39, 0.29) is 30.5 Å². The summed E-state index contributed by atoms with van der Waals surface area (Å²) in [6.45, 7) is 1.10. The van der Waals surface area contributed by atoms with Gasteiger partial charge in [0.05, 0.1) is 11.6 Å². The molecule has 0 aromatic heterocycles. The van der Waals surface area contributed by atoms with Crippen LogP contribution in [0.4, 0.5) is 15.8 Å². The zero-order valence-corrected chi connectivity index (χ0v) is 13.9. The van der Waals surface area contributed by atoms with Crippen molar-refractivity contribution in [2.24, 2.45) is 5.92 Å². The Morgan fingerprint density at radius 1 is 1.12 bits per heavy atom. The van der Waals surface area contributed by atoms with Crippen LogP contribution in [0.5, 0.6) is 11.5 Å². The number of anilines is 2. The Balaban J connectivity index is 1.46. The van der Waals surface area contributed by atoms with E-state index in [2.05, 4.69) is 5.32 Å². The van der Waals surface area contributed by atoms with Crippen LogP contribution in [-0.4, -0.2) is 31.6 Å². The van der Waals surface area contributed by atoms with Crippen molar-refractivity contribution in [1.82, 2.24) is 0 Å². The van der Waals surface area contributed by atoms with E-state index in [0.29, 0.717) is 30.4 Å². The van der Waals surface area contributed by atoms with E-state index in [4.69, 9.17) is 9.47 Å². The summed E-state index contributed by atoms with van der Waals surface area (Å²) in [7, 11) is 0. The number of hydrogen-bond donors (Lipinski definition) is 1. The van der Waals surface area contributed by atoms with Crippen molar-refractivity contribution in [2.45, 2.75) is 6.42 Å². The number of carbonyl (C=O) groups is 2. The van der Waals surface area contributed by atoms with Gasteiger partial charge in [-0.1, -0.05) is 12.1 Å². The average Bonchev–Trinajstić information content (AvgIpc) is 3.04. The van der Waals surface area contributed by atoms with Crippen LogP contribution < -0.4 is 19.7 Å². The second-order valence-electron chi connectivity index (χ2n) is 6.20. The summed E-state index contributed by atoms with van der Waals surface area (Å²) in [5.74, 6) is -0.365. The van der Waals surface area contributed by atoms with Gasteiger partial charge in [0, 0.05) is 24.7 Å². The topological polar surface area (TPSA) is 67.9 Å². The van der Waals surface area contributed by atoms with Crippen LogP contribution in [0, 0.1) is 11.7 Å². The van der Waals surface area contributed by atoms with Gasteiger partial charge in [-0.05, 0) is 24.3 Å². The fourth-order valence-corrected chi connectivity index (χ4v) is 3.15. The maximum Gasteiger partial charge on any atom is 0.229 e. The lowest BCUT2D eigenvalue weighted by atomic mass is 10.1. The standard InChI is InChI=1S/C19H17FN2O4/c20-14-3-1-2-4-15(14)22-11-12(9-18(22)23)19(24)21-13-5-6-16-17(10-13)26-8-7-25-16/h1-6,10,12H,7-9,11H2,(H,21,24). The minimum absolute atomic E-state index is 0.0463. The first kappa shape index (κ1) is 16.4. The quantitative estimate of drug-likeness (QED) is 0.918. The molecule has 1 unspecified atom stereocenters. The first-order valence-electron chi connectivity index (χ1n) is 8.37. The minimum Gasteiger partial charge on any atom is -0.486 e. The molecule has 7 heteroatoms. The molecule has 2 heterocycles. The molecule has 1 saturated heterocycles. The van der Waals surface area contributed by atoms with Crippen molar-refractivity contribution in [1.29, 1.82) is 0 Å². The van der Waals surface area contributed by atoms with Gasteiger partial charge in [-0.2, -0.15) is 0 Å². The molecule has 0 bridgehead atoms. The van der Waals surface area contributed by atoms with Crippen LogP contribution in [0.2, 0.25) is 0 Å². The fraction of sp³-hybridized carbons (Fsp3) is 0.263. The molecule has 2 aliphatic rings. The number of fused-ring (bicyclic) bond motifs is 1. The highest BCUT2D eigenvalue weighted by Gasteiger charge is 2.36. The van der Waals surface area contributed by atoms with Gasteiger partial charge in [-0.25, -0.2) is 4.39 Å². The number of para-hydroxylation sites is 1. The monoisotopic (exact) mass is 356 g/mol. The maximum absolute atomic E-state index is 13.9. The van der Waals surface area contributed by atoms with Gasteiger partial charge >= 0.3 is 0 Å². The summed E-state index contributed by atoms with van der Waals surface area (Å²) in [6, 6.07) is 11.2. The molecule has 0 aliphatic carbocycles. The van der Waals surface area contributed by atoms with Gasteiger partial charge < -0.3 is 19.7 Å². The molecule has 1 N–H and O–H groups in total. The molecule has 1 fully saturated rings. The Labute approximate surface area is 149 Å². The third kappa shape index (κ3) is 3.08. The second kappa shape index (κ2) is 6.67. The van der Waals surface area contributed by atoms with Crippen LogP contribution in [0.3, 0.4) is 0 Å². The number of halogens is 1. The Bertz CT molecular complexity index is 870. The van der Waals surface area contributed by atoms with Gasteiger partial charge in [0.15, 0.2) is 11.5 Å². The molecule has 0 saturated carbocycles. The largest absolute Gasteiger partial charge is 0.486 e. The van der Waals surface area contributed by atoms with E-state index in [1.54, 1.807) is 30.3 Å². The van der Waals surface area contributed by atoms with Gasteiger partial charge in [0.2, 0.25) is 11.8 Å². The number of amides is 2. The molecule has 26 heavy (non-hydrogen) atoms. The van der Waals surface area contributed by atoms with Crippen LogP contribution in [-0.2, 0) is 9.59 Å². The second-order valence-corrected chi connectivity index (χ2v) is 6.20. The number of rotatable bonds is 3. The highest BCUT2D eigenvalue weighted by molar-refractivity contribution is 6.03. The van der Waals surface area contributed by atoms with Crippen molar-refractivity contribution < 1.29 is 23.5 Å². The molecular weight excluding hydrogens is 339 g/mol. The first-order valence-corrected chi connectivity index (χ1v) is 8.37. The normalized spacial score (nSPS) is 18.7. The number of benzene rings is 2. The highest BCUT2D eigenvalue weighted by atomic mass is 19.1. The fourth-order valence-electron chi connectivity index (χ4n) is 3.15. The Morgan fingerprint density at radius 3 is 2.69 bits per heavy atom. The third-order valence-corrected chi connectivity index (χ3v) is 4.45. The summed E-state index contributed by atoms with van der Waals surface area (Å²) in [5, 5.41) is 2.79. The van der Waals surface area contributed by atoms with Crippen LogP contribution in [0.25, 0.3) is 0 Å². The number of hydrogen-bond acceptors (Lipinski definition) is 4. The van der Waals surface area contributed by atoms with E-state index < -0.39 is 11.7 Å². The van der Waals surface area contributed by atoms with E-state index in [1.807, 2.05) is 0 Å². The zero-order valence-electron chi connectivity index (χ0n) is 13.9. The SMILES string of the molecule is O=C(Nc1ccc2c(c1)OCCO2)C1CC(=O)N(c2ccccc2F)C1. The summed E-state index contributed by atoms with van der Waals surface area (Å²) < 4.78 is 24.9. The maximum atomic E-state index is 13.9. The van der Waals surface area contributed by atoms with E-state index in [0.717, 1.165) is 0 Å². The average molecular weight is 356 g/mol. The molecule has 2 aliphatic heterocycles. The van der Waals surface area contributed by atoms with Gasteiger partial charge in [0.25, 0.3) is 0 Å². The molecule has 0 radical (unpaired) electrons. The zero-order chi connectivity index (χ0) is 18.1. The molecule has 4 rings (SSSR count). The number of nitrogens with one attached hydrogen (secondary N) is 1. The third-order valence-electron chi connectivity index (χ3n) is 4.45. The van der Waals surface area contributed by atoms with E-state index in [1.165, 1.54) is 17.0 Å². The lowest BCUT2D eigenvalue weighted by molar-refractivity contribution is -0.122. The molecule has 2 aromatic rings. The molecular formula is C19H17FN2O4. The van der Waals surface area contributed by atoms with Crippen LogP contribution in [0.15, 0.2) is 42.5 Å². The number of carbonyl (C=O) groups excluding carboxylic acids is 2. The van der Waals surface area contributed by atoms with Crippen LogP contribution in [0.1, 0.15) is 6.42 Å². The molecule has 0 spiro atoms. The van der Waals surface area contributed by atoms with Crippen molar-refractivity contribution in [3.8, 4) is 11.5 Å². The lowest BCUT2D eigenvalue weighted by Gasteiger charge is -2.19.